The number of hydrazine groups is 1. The number of hydrogen-bond acceptors (Lipinski definition) is 4. The van der Waals surface area contributed by atoms with Gasteiger partial charge in [0.25, 0.3) is 0 Å². The van der Waals surface area contributed by atoms with Crippen LogP contribution in [-0.2, 0) is 9.84 Å². The summed E-state index contributed by atoms with van der Waals surface area (Å²) in [5.74, 6) is 5.53. The fraction of sp³-hybridized carbons (Fsp3) is 1.00. The van der Waals surface area contributed by atoms with E-state index in [1.165, 1.54) is 64.0 Å². The van der Waals surface area contributed by atoms with E-state index in [1.54, 1.807) is 0 Å². The molecule has 0 aromatic carbocycles. The predicted octanol–water partition coefficient (Wildman–Crippen LogP) is 3.17. The van der Waals surface area contributed by atoms with Crippen molar-refractivity contribution in [3.8, 4) is 0 Å². The van der Waals surface area contributed by atoms with Gasteiger partial charge >= 0.3 is 0 Å². The lowest BCUT2D eigenvalue weighted by Crippen LogP contribution is -2.40. The molecule has 4 nitrogen and oxygen atoms in total. The summed E-state index contributed by atoms with van der Waals surface area (Å²) in [7, 11) is -2.94. The number of hydrogen-bond donors (Lipinski definition) is 2. The first-order valence-electron chi connectivity index (χ1n) is 8.13. The molecule has 0 bridgehead atoms. The fourth-order valence-electron chi connectivity index (χ4n) is 2.46. The van der Waals surface area contributed by atoms with Crippen molar-refractivity contribution in [2.75, 3.05) is 12.0 Å². The first kappa shape index (κ1) is 19.9. The number of rotatable bonds is 14. The molecule has 0 heterocycles. The maximum atomic E-state index is 11.2. The molecule has 0 spiro atoms. The quantitative estimate of drug-likeness (QED) is 0.294. The molecule has 0 fully saturated rings. The van der Waals surface area contributed by atoms with E-state index in [-0.39, 0.29) is 11.8 Å². The van der Waals surface area contributed by atoms with Gasteiger partial charge in [0.15, 0.2) is 0 Å². The van der Waals surface area contributed by atoms with Crippen molar-refractivity contribution in [3.63, 3.8) is 0 Å². The lowest BCUT2D eigenvalue weighted by Gasteiger charge is -2.14. The topological polar surface area (TPSA) is 72.2 Å². The lowest BCUT2D eigenvalue weighted by molar-refractivity contribution is 0.481. The van der Waals surface area contributed by atoms with Gasteiger partial charge in [0.2, 0.25) is 0 Å². The average molecular weight is 307 g/mol. The van der Waals surface area contributed by atoms with Gasteiger partial charge in [-0.3, -0.25) is 11.3 Å². The Kier molecular flexibility index (Phi) is 12.5. The van der Waals surface area contributed by atoms with Crippen LogP contribution < -0.4 is 11.3 Å². The van der Waals surface area contributed by atoms with Crippen LogP contribution in [0.15, 0.2) is 0 Å². The van der Waals surface area contributed by atoms with E-state index in [1.807, 2.05) is 0 Å². The van der Waals surface area contributed by atoms with E-state index in [0.717, 1.165) is 12.8 Å². The van der Waals surface area contributed by atoms with Gasteiger partial charge in [0, 0.05) is 12.3 Å². The van der Waals surface area contributed by atoms with Crippen molar-refractivity contribution in [3.05, 3.63) is 0 Å². The van der Waals surface area contributed by atoms with E-state index < -0.39 is 9.84 Å². The van der Waals surface area contributed by atoms with Gasteiger partial charge in [-0.15, -0.1) is 0 Å². The largest absolute Gasteiger partial charge is 0.271 e. The summed E-state index contributed by atoms with van der Waals surface area (Å²) in [6, 6.07) is -0.0981. The monoisotopic (exact) mass is 306 g/mol. The molecule has 0 aromatic rings. The molecule has 1 atom stereocenters. The fourth-order valence-corrected chi connectivity index (χ4v) is 3.45. The van der Waals surface area contributed by atoms with E-state index in [4.69, 9.17) is 5.84 Å². The number of sulfone groups is 1. The first-order valence-corrected chi connectivity index (χ1v) is 10.2. The van der Waals surface area contributed by atoms with Crippen LogP contribution in [-0.4, -0.2) is 26.5 Å². The van der Waals surface area contributed by atoms with E-state index in [2.05, 4.69) is 12.3 Å². The summed E-state index contributed by atoms with van der Waals surface area (Å²) < 4.78 is 22.4. The molecule has 0 aliphatic heterocycles. The maximum Gasteiger partial charge on any atom is 0.149 e. The molecule has 1 unspecified atom stereocenters. The Bertz CT molecular complexity index is 305. The minimum absolute atomic E-state index is 0.0981. The predicted molar refractivity (Wildman–Crippen MR) is 87.3 cm³/mol. The summed E-state index contributed by atoms with van der Waals surface area (Å²) >= 11 is 0. The Balaban J connectivity index is 3.38. The van der Waals surface area contributed by atoms with Crippen LogP contribution in [0.4, 0.5) is 0 Å². The standard InChI is InChI=1S/C15H34N2O2S/c1-3-4-5-6-7-8-9-10-11-12-13-15(17-16)14-20(2,18)19/h15,17H,3-14,16H2,1-2H3. The Hall–Kier alpha value is -0.130. The molecule has 122 valence electrons. The van der Waals surface area contributed by atoms with Gasteiger partial charge in [0.1, 0.15) is 9.84 Å². The lowest BCUT2D eigenvalue weighted by atomic mass is 10.0. The molecule has 0 aliphatic carbocycles. The molecule has 0 saturated heterocycles. The van der Waals surface area contributed by atoms with E-state index in [9.17, 15) is 8.42 Å². The Morgan fingerprint density at radius 1 is 0.900 bits per heavy atom. The SMILES string of the molecule is CCCCCCCCCCCCC(CS(C)(=O)=O)NN. The highest BCUT2D eigenvalue weighted by atomic mass is 32.2. The third-order valence-electron chi connectivity index (χ3n) is 3.65. The molecule has 5 heteroatoms. The zero-order valence-electron chi connectivity index (χ0n) is 13.4. The molecular formula is C15H34N2O2S. The van der Waals surface area contributed by atoms with Crippen molar-refractivity contribution in [2.45, 2.75) is 83.6 Å². The van der Waals surface area contributed by atoms with Crippen molar-refractivity contribution in [2.24, 2.45) is 5.84 Å². The molecule has 0 amide bonds. The first-order chi connectivity index (χ1) is 9.49. The molecule has 0 saturated carbocycles. The van der Waals surface area contributed by atoms with Gasteiger partial charge in [-0.1, -0.05) is 71.1 Å². The number of nitrogens with one attached hydrogen (secondary N) is 1. The summed E-state index contributed by atoms with van der Waals surface area (Å²) in [5, 5.41) is 0. The number of nitrogens with two attached hydrogens (primary N) is 1. The van der Waals surface area contributed by atoms with E-state index >= 15 is 0 Å². The molecule has 0 aromatic heterocycles. The van der Waals surface area contributed by atoms with Crippen molar-refractivity contribution < 1.29 is 8.42 Å². The van der Waals surface area contributed by atoms with Gasteiger partial charge < -0.3 is 0 Å². The van der Waals surface area contributed by atoms with Crippen molar-refractivity contribution >= 4 is 9.84 Å². The Morgan fingerprint density at radius 3 is 1.75 bits per heavy atom. The van der Waals surface area contributed by atoms with Crippen molar-refractivity contribution in [1.82, 2.24) is 5.43 Å². The molecule has 20 heavy (non-hydrogen) atoms. The molecule has 3 N–H and O–H groups in total. The normalized spacial score (nSPS) is 13.6. The second-order valence-corrected chi connectivity index (χ2v) is 8.11. The molecule has 0 rings (SSSR count). The van der Waals surface area contributed by atoms with Gasteiger partial charge in [-0.2, -0.15) is 0 Å². The summed E-state index contributed by atoms with van der Waals surface area (Å²) in [4.78, 5) is 0. The van der Waals surface area contributed by atoms with E-state index in [0.29, 0.717) is 0 Å². The third-order valence-corrected chi connectivity index (χ3v) is 4.65. The van der Waals surface area contributed by atoms with Crippen molar-refractivity contribution in [1.29, 1.82) is 0 Å². The Morgan fingerprint density at radius 2 is 1.35 bits per heavy atom. The highest BCUT2D eigenvalue weighted by Gasteiger charge is 2.13. The van der Waals surface area contributed by atoms with Crippen LogP contribution >= 0.6 is 0 Å². The molecular weight excluding hydrogens is 272 g/mol. The Labute approximate surface area is 125 Å². The van der Waals surface area contributed by atoms with Crippen LogP contribution in [0.1, 0.15) is 77.6 Å². The van der Waals surface area contributed by atoms with Gasteiger partial charge in [-0.05, 0) is 6.42 Å². The van der Waals surface area contributed by atoms with Crippen LogP contribution in [0.25, 0.3) is 0 Å². The molecule has 0 radical (unpaired) electrons. The average Bonchev–Trinajstić information content (AvgIpc) is 2.38. The van der Waals surface area contributed by atoms with Crippen LogP contribution in [0, 0.1) is 0 Å². The number of unbranched alkanes of at least 4 members (excludes halogenated alkanes) is 9. The van der Waals surface area contributed by atoms with Gasteiger partial charge in [0.05, 0.1) is 5.75 Å². The summed E-state index contributed by atoms with van der Waals surface area (Å²) in [6.45, 7) is 2.24. The minimum atomic E-state index is -2.94. The second kappa shape index (κ2) is 12.6. The smallest absolute Gasteiger partial charge is 0.149 e. The minimum Gasteiger partial charge on any atom is -0.271 e. The zero-order chi connectivity index (χ0) is 15.3. The third kappa shape index (κ3) is 14.3. The van der Waals surface area contributed by atoms with Crippen LogP contribution in [0.5, 0.6) is 0 Å². The highest BCUT2D eigenvalue weighted by molar-refractivity contribution is 7.90. The van der Waals surface area contributed by atoms with Gasteiger partial charge in [-0.25, -0.2) is 8.42 Å². The van der Waals surface area contributed by atoms with Crippen LogP contribution in [0.3, 0.4) is 0 Å². The highest BCUT2D eigenvalue weighted by Crippen LogP contribution is 2.12. The second-order valence-electron chi connectivity index (χ2n) is 5.93. The maximum absolute atomic E-state index is 11.2. The summed E-state index contributed by atoms with van der Waals surface area (Å²) in [5.41, 5.74) is 2.61. The summed E-state index contributed by atoms with van der Waals surface area (Å²) in [6.07, 6.45) is 15.0. The zero-order valence-corrected chi connectivity index (χ0v) is 14.2. The molecule has 0 aliphatic rings. The van der Waals surface area contributed by atoms with Crippen LogP contribution in [0.2, 0.25) is 0 Å².